The van der Waals surface area contributed by atoms with Gasteiger partial charge in [-0.2, -0.15) is 0 Å². The average Bonchev–Trinajstić information content (AvgIpc) is 2.70. The fourth-order valence-corrected chi connectivity index (χ4v) is 2.06. The Balaban J connectivity index is 2.33. The molecule has 0 saturated carbocycles. The van der Waals surface area contributed by atoms with Gasteiger partial charge in [0.05, 0.1) is 5.69 Å². The topological polar surface area (TPSA) is 54.7 Å². The minimum atomic E-state index is 0.562. The number of aromatic nitrogens is 2. The van der Waals surface area contributed by atoms with E-state index < -0.39 is 0 Å². The number of nitrogens with one attached hydrogen (secondary N) is 1. The van der Waals surface area contributed by atoms with Crippen LogP contribution in [0.15, 0.2) is 24.3 Å². The molecule has 0 fully saturated rings. The second-order valence-electron chi connectivity index (χ2n) is 5.16. The summed E-state index contributed by atoms with van der Waals surface area (Å²) in [6, 6.07) is 8.22. The molecule has 0 aliphatic rings. The van der Waals surface area contributed by atoms with E-state index in [1.165, 1.54) is 0 Å². The molecule has 0 spiro atoms. The largest absolute Gasteiger partial charge is 0.342 e. The minimum Gasteiger partial charge on any atom is -0.342 e. The van der Waals surface area contributed by atoms with E-state index in [0.29, 0.717) is 12.5 Å². The lowest BCUT2D eigenvalue weighted by atomic mass is 10.1. The third kappa shape index (κ3) is 2.79. The van der Waals surface area contributed by atoms with E-state index in [-0.39, 0.29) is 0 Å². The maximum Gasteiger partial charge on any atom is 0.137 e. The van der Waals surface area contributed by atoms with Crippen LogP contribution in [-0.4, -0.2) is 9.97 Å². The van der Waals surface area contributed by atoms with E-state index in [2.05, 4.69) is 37.9 Å². The van der Waals surface area contributed by atoms with Crippen LogP contribution in [0, 0.1) is 12.8 Å². The zero-order valence-electron chi connectivity index (χ0n) is 11.3. The van der Waals surface area contributed by atoms with Gasteiger partial charge in [-0.3, -0.25) is 0 Å². The first-order valence-corrected chi connectivity index (χ1v) is 6.45. The summed E-state index contributed by atoms with van der Waals surface area (Å²) in [5, 5.41) is 0. The van der Waals surface area contributed by atoms with Gasteiger partial charge in [-0.25, -0.2) is 4.98 Å². The van der Waals surface area contributed by atoms with Crippen molar-refractivity contribution in [3.8, 4) is 11.4 Å². The van der Waals surface area contributed by atoms with Gasteiger partial charge in [0, 0.05) is 17.8 Å². The third-order valence-electron chi connectivity index (χ3n) is 3.02. The maximum atomic E-state index is 5.67. The Morgan fingerprint density at radius 3 is 2.78 bits per heavy atom. The molecule has 3 heteroatoms. The molecule has 0 atom stereocenters. The minimum absolute atomic E-state index is 0.562. The maximum absolute atomic E-state index is 5.67. The molecule has 0 aliphatic heterocycles. The molecular formula is C15H21N3. The van der Waals surface area contributed by atoms with Crippen LogP contribution in [0.5, 0.6) is 0 Å². The first-order valence-electron chi connectivity index (χ1n) is 6.45. The first kappa shape index (κ1) is 12.8. The van der Waals surface area contributed by atoms with Crippen LogP contribution in [0.2, 0.25) is 0 Å². The molecule has 1 aromatic heterocycles. The number of rotatable bonds is 4. The van der Waals surface area contributed by atoms with Gasteiger partial charge >= 0.3 is 0 Å². The number of H-pyrrole nitrogens is 1. The van der Waals surface area contributed by atoms with Gasteiger partial charge in [-0.1, -0.05) is 32.0 Å². The normalized spacial score (nSPS) is 11.2. The van der Waals surface area contributed by atoms with Crippen molar-refractivity contribution in [3.05, 3.63) is 41.2 Å². The van der Waals surface area contributed by atoms with E-state index in [9.17, 15) is 0 Å². The van der Waals surface area contributed by atoms with Crippen LogP contribution in [0.1, 0.15) is 30.8 Å². The van der Waals surface area contributed by atoms with Crippen molar-refractivity contribution < 1.29 is 0 Å². The number of hydrogen-bond donors (Lipinski definition) is 2. The van der Waals surface area contributed by atoms with Crippen LogP contribution in [-0.2, 0) is 13.0 Å². The summed E-state index contributed by atoms with van der Waals surface area (Å²) in [6.45, 7) is 7.07. The summed E-state index contributed by atoms with van der Waals surface area (Å²) in [4.78, 5) is 8.06. The summed E-state index contributed by atoms with van der Waals surface area (Å²) in [5.74, 6) is 1.56. The van der Waals surface area contributed by atoms with Crippen molar-refractivity contribution in [2.75, 3.05) is 0 Å². The number of benzene rings is 1. The molecule has 1 heterocycles. The first-order chi connectivity index (χ1) is 8.60. The van der Waals surface area contributed by atoms with Gasteiger partial charge in [0.25, 0.3) is 0 Å². The Kier molecular flexibility index (Phi) is 3.82. The van der Waals surface area contributed by atoms with Crippen LogP contribution in [0.25, 0.3) is 11.4 Å². The Bertz CT molecular complexity index is 526. The molecule has 0 amide bonds. The Labute approximate surface area is 108 Å². The quantitative estimate of drug-likeness (QED) is 0.867. The van der Waals surface area contributed by atoms with E-state index in [4.69, 9.17) is 10.7 Å². The van der Waals surface area contributed by atoms with E-state index >= 15 is 0 Å². The molecule has 1 aromatic carbocycles. The molecule has 0 bridgehead atoms. The van der Waals surface area contributed by atoms with Gasteiger partial charge in [-0.05, 0) is 30.9 Å². The highest BCUT2D eigenvalue weighted by Crippen LogP contribution is 2.20. The molecule has 3 nitrogen and oxygen atoms in total. The van der Waals surface area contributed by atoms with Crippen molar-refractivity contribution in [3.63, 3.8) is 0 Å². The summed E-state index contributed by atoms with van der Waals surface area (Å²) >= 11 is 0. The van der Waals surface area contributed by atoms with Gasteiger partial charge in [-0.15, -0.1) is 0 Å². The highest BCUT2D eigenvalue weighted by molar-refractivity contribution is 5.57. The SMILES string of the molecule is Cc1[nH]c(-c2cccc(CN)c2)nc1CC(C)C. The number of nitrogens with zero attached hydrogens (tertiary/aromatic N) is 1. The van der Waals surface area contributed by atoms with Crippen LogP contribution >= 0.6 is 0 Å². The van der Waals surface area contributed by atoms with Crippen LogP contribution < -0.4 is 5.73 Å². The molecule has 18 heavy (non-hydrogen) atoms. The van der Waals surface area contributed by atoms with Gasteiger partial charge < -0.3 is 10.7 Å². The number of aromatic amines is 1. The van der Waals surface area contributed by atoms with Gasteiger partial charge in [0.2, 0.25) is 0 Å². The molecule has 0 aliphatic carbocycles. The van der Waals surface area contributed by atoms with E-state index in [1.54, 1.807) is 0 Å². The predicted molar refractivity (Wildman–Crippen MR) is 75.2 cm³/mol. The predicted octanol–water partition coefficient (Wildman–Crippen LogP) is 3.04. The van der Waals surface area contributed by atoms with Crippen LogP contribution in [0.4, 0.5) is 0 Å². The molecule has 0 radical (unpaired) electrons. The number of hydrogen-bond acceptors (Lipinski definition) is 2. The zero-order valence-corrected chi connectivity index (χ0v) is 11.3. The van der Waals surface area contributed by atoms with E-state index in [0.717, 1.165) is 34.8 Å². The molecule has 96 valence electrons. The van der Waals surface area contributed by atoms with E-state index in [1.807, 2.05) is 12.1 Å². The Morgan fingerprint density at radius 1 is 1.33 bits per heavy atom. The number of imidazole rings is 1. The van der Waals surface area contributed by atoms with Gasteiger partial charge in [0.15, 0.2) is 0 Å². The van der Waals surface area contributed by atoms with Crippen molar-refractivity contribution in [2.24, 2.45) is 11.7 Å². The standard InChI is InChI=1S/C15H21N3/c1-10(2)7-14-11(3)17-15(18-14)13-6-4-5-12(8-13)9-16/h4-6,8,10H,7,9,16H2,1-3H3,(H,17,18). The summed E-state index contributed by atoms with van der Waals surface area (Å²) < 4.78 is 0. The lowest BCUT2D eigenvalue weighted by Gasteiger charge is -2.01. The smallest absolute Gasteiger partial charge is 0.137 e. The monoisotopic (exact) mass is 243 g/mol. The Morgan fingerprint density at radius 2 is 2.11 bits per heavy atom. The number of nitrogens with two attached hydrogens (primary N) is 1. The van der Waals surface area contributed by atoms with Gasteiger partial charge in [0.1, 0.15) is 5.82 Å². The van der Waals surface area contributed by atoms with Crippen molar-refractivity contribution in [2.45, 2.75) is 33.7 Å². The fraction of sp³-hybridized carbons (Fsp3) is 0.400. The Hall–Kier alpha value is -1.61. The van der Waals surface area contributed by atoms with Crippen molar-refractivity contribution >= 4 is 0 Å². The molecule has 2 aromatic rings. The number of aryl methyl sites for hydroxylation is 1. The third-order valence-corrected chi connectivity index (χ3v) is 3.02. The average molecular weight is 243 g/mol. The second-order valence-corrected chi connectivity index (χ2v) is 5.16. The molecule has 0 saturated heterocycles. The molecule has 2 rings (SSSR count). The lowest BCUT2D eigenvalue weighted by Crippen LogP contribution is -1.97. The fourth-order valence-electron chi connectivity index (χ4n) is 2.06. The summed E-state index contributed by atoms with van der Waals surface area (Å²) in [5.41, 5.74) is 10.2. The highest BCUT2D eigenvalue weighted by Gasteiger charge is 2.10. The second kappa shape index (κ2) is 5.36. The highest BCUT2D eigenvalue weighted by atomic mass is 14.9. The van der Waals surface area contributed by atoms with Crippen molar-refractivity contribution in [1.82, 2.24) is 9.97 Å². The zero-order chi connectivity index (χ0) is 13.1. The summed E-state index contributed by atoms with van der Waals surface area (Å²) in [6.07, 6.45) is 1.01. The molecule has 3 N–H and O–H groups in total. The summed E-state index contributed by atoms with van der Waals surface area (Å²) in [7, 11) is 0. The molecular weight excluding hydrogens is 222 g/mol. The van der Waals surface area contributed by atoms with Crippen molar-refractivity contribution in [1.29, 1.82) is 0 Å². The lowest BCUT2D eigenvalue weighted by molar-refractivity contribution is 0.635. The van der Waals surface area contributed by atoms with Crippen LogP contribution in [0.3, 0.4) is 0 Å². The molecule has 0 unspecified atom stereocenters.